The van der Waals surface area contributed by atoms with Gasteiger partial charge in [-0.05, 0) is 37.5 Å². The third kappa shape index (κ3) is 2.62. The average molecular weight is 299 g/mol. The Kier molecular flexibility index (Phi) is 4.14. The Labute approximate surface area is 118 Å². The van der Waals surface area contributed by atoms with Crippen LogP contribution < -0.4 is 0 Å². The van der Waals surface area contributed by atoms with Crippen LogP contribution >= 0.6 is 11.6 Å². The zero-order valence-electron chi connectivity index (χ0n) is 10.6. The molecule has 2 rings (SSSR count). The summed E-state index contributed by atoms with van der Waals surface area (Å²) in [6.07, 6.45) is 2.57. The van der Waals surface area contributed by atoms with Crippen molar-refractivity contribution in [1.82, 2.24) is 4.31 Å². The second-order valence-corrected chi connectivity index (χ2v) is 6.84. The first-order valence-electron chi connectivity index (χ1n) is 6.22. The fourth-order valence-corrected chi connectivity index (χ4v) is 4.73. The quantitative estimate of drug-likeness (QED) is 0.862. The monoisotopic (exact) mass is 298 g/mol. The van der Waals surface area contributed by atoms with Crippen LogP contribution in [0.3, 0.4) is 0 Å². The number of sulfonamides is 1. The second kappa shape index (κ2) is 5.49. The number of nitriles is 1. The number of nitrogens with zero attached hydrogens (tertiary/aromatic N) is 2. The van der Waals surface area contributed by atoms with Crippen LogP contribution in [-0.4, -0.2) is 25.3 Å². The average Bonchev–Trinajstić information content (AvgIpc) is 2.87. The van der Waals surface area contributed by atoms with E-state index in [0.717, 1.165) is 19.3 Å². The predicted molar refractivity (Wildman–Crippen MR) is 73.4 cm³/mol. The van der Waals surface area contributed by atoms with Gasteiger partial charge in [-0.25, -0.2) is 8.42 Å². The lowest BCUT2D eigenvalue weighted by Gasteiger charge is -2.23. The summed E-state index contributed by atoms with van der Waals surface area (Å²) in [4.78, 5) is 0.0912. The van der Waals surface area contributed by atoms with Gasteiger partial charge in [-0.15, -0.1) is 0 Å². The Hall–Kier alpha value is -1.09. The third-order valence-electron chi connectivity index (χ3n) is 3.44. The molecule has 19 heavy (non-hydrogen) atoms. The predicted octanol–water partition coefficient (Wildman–Crippen LogP) is 2.77. The van der Waals surface area contributed by atoms with Gasteiger partial charge in [0.25, 0.3) is 0 Å². The lowest BCUT2D eigenvalue weighted by atomic mass is 10.2. The van der Waals surface area contributed by atoms with Gasteiger partial charge in [0.1, 0.15) is 4.90 Å². The van der Waals surface area contributed by atoms with E-state index in [9.17, 15) is 8.42 Å². The molecule has 0 spiro atoms. The fourth-order valence-electron chi connectivity index (χ4n) is 2.44. The molecule has 0 aliphatic carbocycles. The second-order valence-electron chi connectivity index (χ2n) is 4.58. The van der Waals surface area contributed by atoms with E-state index in [0.29, 0.717) is 12.1 Å². The molecule has 1 fully saturated rings. The topological polar surface area (TPSA) is 61.2 Å². The Morgan fingerprint density at radius 3 is 2.84 bits per heavy atom. The molecule has 0 N–H and O–H groups in total. The largest absolute Gasteiger partial charge is 0.244 e. The molecule has 1 aliphatic heterocycles. The smallest absolute Gasteiger partial charge is 0.207 e. The van der Waals surface area contributed by atoms with Crippen molar-refractivity contribution in [3.63, 3.8) is 0 Å². The van der Waals surface area contributed by atoms with Crippen LogP contribution in [-0.2, 0) is 10.0 Å². The van der Waals surface area contributed by atoms with Gasteiger partial charge in [0.05, 0.1) is 16.7 Å². The normalized spacial score (nSPS) is 20.4. The van der Waals surface area contributed by atoms with Crippen LogP contribution in [0.15, 0.2) is 23.1 Å². The first kappa shape index (κ1) is 14.3. The standard InChI is InChI=1S/C13H15ClN2O2S/c1-2-11-4-3-7-16(11)19(17,18)13-6-5-10(9-15)8-12(13)14/h5-6,8,11H,2-4,7H2,1H3. The van der Waals surface area contributed by atoms with E-state index in [-0.39, 0.29) is 16.0 Å². The summed E-state index contributed by atoms with van der Waals surface area (Å²) in [6.45, 7) is 2.52. The highest BCUT2D eigenvalue weighted by atomic mass is 35.5. The Bertz CT molecular complexity index is 622. The molecule has 1 aromatic carbocycles. The Morgan fingerprint density at radius 2 is 2.26 bits per heavy atom. The van der Waals surface area contributed by atoms with Gasteiger partial charge in [0, 0.05) is 12.6 Å². The molecule has 0 bridgehead atoms. The summed E-state index contributed by atoms with van der Waals surface area (Å²) >= 11 is 6.01. The molecule has 1 heterocycles. The van der Waals surface area contributed by atoms with Crippen LogP contribution in [0, 0.1) is 11.3 Å². The molecule has 0 saturated carbocycles. The van der Waals surface area contributed by atoms with E-state index in [1.807, 2.05) is 13.0 Å². The maximum atomic E-state index is 12.6. The molecule has 0 amide bonds. The summed E-state index contributed by atoms with van der Waals surface area (Å²) in [5, 5.41) is 8.89. The summed E-state index contributed by atoms with van der Waals surface area (Å²) in [6, 6.07) is 6.29. The van der Waals surface area contributed by atoms with Gasteiger partial charge in [-0.1, -0.05) is 18.5 Å². The molecule has 1 aliphatic rings. The van der Waals surface area contributed by atoms with E-state index in [4.69, 9.17) is 16.9 Å². The van der Waals surface area contributed by atoms with Gasteiger partial charge in [0.15, 0.2) is 0 Å². The van der Waals surface area contributed by atoms with E-state index in [1.165, 1.54) is 22.5 Å². The van der Waals surface area contributed by atoms with Crippen molar-refractivity contribution in [2.45, 2.75) is 37.1 Å². The van der Waals surface area contributed by atoms with E-state index < -0.39 is 10.0 Å². The highest BCUT2D eigenvalue weighted by Gasteiger charge is 2.35. The minimum atomic E-state index is -3.56. The first-order chi connectivity index (χ1) is 9.00. The third-order valence-corrected chi connectivity index (χ3v) is 5.88. The van der Waals surface area contributed by atoms with Crippen molar-refractivity contribution in [3.05, 3.63) is 28.8 Å². The van der Waals surface area contributed by atoms with Crippen molar-refractivity contribution in [2.75, 3.05) is 6.54 Å². The molecule has 102 valence electrons. The molecular formula is C13H15ClN2O2S. The summed E-state index contributed by atoms with van der Waals surface area (Å²) in [7, 11) is -3.56. The Morgan fingerprint density at radius 1 is 1.53 bits per heavy atom. The zero-order chi connectivity index (χ0) is 14.0. The molecule has 4 nitrogen and oxygen atoms in total. The molecule has 0 aromatic heterocycles. The van der Waals surface area contributed by atoms with Crippen LogP contribution in [0.25, 0.3) is 0 Å². The number of hydrogen-bond acceptors (Lipinski definition) is 3. The van der Waals surface area contributed by atoms with Crippen molar-refractivity contribution in [1.29, 1.82) is 5.26 Å². The molecule has 6 heteroatoms. The SMILES string of the molecule is CCC1CCCN1S(=O)(=O)c1ccc(C#N)cc1Cl. The highest BCUT2D eigenvalue weighted by molar-refractivity contribution is 7.89. The number of rotatable bonds is 3. The van der Waals surface area contributed by atoms with Crippen LogP contribution in [0.1, 0.15) is 31.7 Å². The van der Waals surface area contributed by atoms with Gasteiger partial charge >= 0.3 is 0 Å². The number of hydrogen-bond donors (Lipinski definition) is 0. The van der Waals surface area contributed by atoms with Crippen molar-refractivity contribution >= 4 is 21.6 Å². The lowest BCUT2D eigenvalue weighted by Crippen LogP contribution is -2.35. The highest BCUT2D eigenvalue weighted by Crippen LogP contribution is 2.31. The van der Waals surface area contributed by atoms with Crippen LogP contribution in [0.4, 0.5) is 0 Å². The Balaban J connectivity index is 2.43. The molecular weight excluding hydrogens is 284 g/mol. The molecule has 1 aromatic rings. The van der Waals surface area contributed by atoms with Crippen molar-refractivity contribution in [3.8, 4) is 6.07 Å². The maximum absolute atomic E-state index is 12.6. The minimum Gasteiger partial charge on any atom is -0.207 e. The van der Waals surface area contributed by atoms with Gasteiger partial charge in [0.2, 0.25) is 10.0 Å². The molecule has 1 atom stereocenters. The van der Waals surface area contributed by atoms with Gasteiger partial charge in [-0.2, -0.15) is 9.57 Å². The lowest BCUT2D eigenvalue weighted by molar-refractivity contribution is 0.379. The first-order valence-corrected chi connectivity index (χ1v) is 8.04. The fraction of sp³-hybridized carbons (Fsp3) is 0.462. The minimum absolute atomic E-state index is 0.0525. The summed E-state index contributed by atoms with van der Waals surface area (Å²) in [5.41, 5.74) is 0.359. The maximum Gasteiger partial charge on any atom is 0.244 e. The molecule has 1 unspecified atom stereocenters. The summed E-state index contributed by atoms with van der Waals surface area (Å²) in [5.74, 6) is 0. The van der Waals surface area contributed by atoms with Gasteiger partial charge < -0.3 is 0 Å². The van der Waals surface area contributed by atoms with Crippen LogP contribution in [0.5, 0.6) is 0 Å². The van der Waals surface area contributed by atoms with E-state index in [2.05, 4.69) is 0 Å². The molecule has 0 radical (unpaired) electrons. The van der Waals surface area contributed by atoms with Crippen LogP contribution in [0.2, 0.25) is 5.02 Å². The summed E-state index contributed by atoms with van der Waals surface area (Å²) < 4.78 is 26.7. The molecule has 1 saturated heterocycles. The number of halogens is 1. The zero-order valence-corrected chi connectivity index (χ0v) is 12.2. The van der Waals surface area contributed by atoms with Crippen molar-refractivity contribution < 1.29 is 8.42 Å². The van der Waals surface area contributed by atoms with Crippen molar-refractivity contribution in [2.24, 2.45) is 0 Å². The van der Waals surface area contributed by atoms with Gasteiger partial charge in [-0.3, -0.25) is 0 Å². The van der Waals surface area contributed by atoms with E-state index in [1.54, 1.807) is 0 Å². The van der Waals surface area contributed by atoms with E-state index >= 15 is 0 Å². The number of benzene rings is 1.